The molecule has 2 aromatic heterocycles. The highest BCUT2D eigenvalue weighted by Gasteiger charge is 2.37. The van der Waals surface area contributed by atoms with E-state index in [9.17, 15) is 18.0 Å². The maximum absolute atomic E-state index is 12.7. The molecule has 8 heteroatoms. The van der Waals surface area contributed by atoms with Gasteiger partial charge in [-0.25, -0.2) is 4.98 Å². The van der Waals surface area contributed by atoms with Crippen LogP contribution in [0.5, 0.6) is 0 Å². The average Bonchev–Trinajstić information content (AvgIpc) is 2.88. The normalized spacial score (nSPS) is 13.0. The minimum Gasteiger partial charge on any atom is -0.334 e. The van der Waals surface area contributed by atoms with Crippen molar-refractivity contribution in [2.45, 2.75) is 26.1 Å². The van der Waals surface area contributed by atoms with Gasteiger partial charge in [-0.05, 0) is 25.5 Å². The first-order valence-corrected chi connectivity index (χ1v) is 7.25. The zero-order chi connectivity index (χ0) is 16.5. The van der Waals surface area contributed by atoms with Gasteiger partial charge in [0.05, 0.1) is 11.7 Å². The van der Waals surface area contributed by atoms with Gasteiger partial charge in [0, 0.05) is 19.4 Å². The van der Waals surface area contributed by atoms with E-state index in [0.29, 0.717) is 11.3 Å². The maximum atomic E-state index is 12.7. The number of carbonyl (C=O) groups is 1. The Kier molecular flexibility index (Phi) is 4.50. The van der Waals surface area contributed by atoms with Gasteiger partial charge in [-0.15, -0.1) is 11.3 Å². The number of aromatic nitrogens is 2. The SMILES string of the molecule is Cc1nc(C(F)(F)F)sc1C(=O)N(C)[C@H](C)c1cccnc1. The molecule has 0 aliphatic carbocycles. The molecule has 0 radical (unpaired) electrons. The largest absolute Gasteiger partial charge is 0.443 e. The third kappa shape index (κ3) is 3.27. The number of pyridine rings is 1. The van der Waals surface area contributed by atoms with E-state index in [0.717, 1.165) is 5.56 Å². The molecule has 0 bridgehead atoms. The van der Waals surface area contributed by atoms with Gasteiger partial charge in [-0.1, -0.05) is 6.07 Å². The monoisotopic (exact) mass is 329 g/mol. The first-order valence-electron chi connectivity index (χ1n) is 6.43. The van der Waals surface area contributed by atoms with Crippen LogP contribution in [0.1, 0.15) is 38.9 Å². The summed E-state index contributed by atoms with van der Waals surface area (Å²) in [5.74, 6) is -0.484. The lowest BCUT2D eigenvalue weighted by atomic mass is 10.1. The van der Waals surface area contributed by atoms with Gasteiger partial charge in [0.25, 0.3) is 5.91 Å². The number of hydrogen-bond donors (Lipinski definition) is 0. The van der Waals surface area contributed by atoms with Crippen molar-refractivity contribution in [1.82, 2.24) is 14.9 Å². The van der Waals surface area contributed by atoms with Crippen molar-refractivity contribution >= 4 is 17.2 Å². The molecule has 4 nitrogen and oxygen atoms in total. The first kappa shape index (κ1) is 16.4. The van der Waals surface area contributed by atoms with Gasteiger partial charge in [0.2, 0.25) is 0 Å². The highest BCUT2D eigenvalue weighted by atomic mass is 32.1. The number of carbonyl (C=O) groups excluding carboxylic acids is 1. The Morgan fingerprint density at radius 3 is 2.59 bits per heavy atom. The summed E-state index contributed by atoms with van der Waals surface area (Å²) in [6, 6.07) is 3.24. The molecule has 0 saturated carbocycles. The van der Waals surface area contributed by atoms with E-state index in [-0.39, 0.29) is 16.6 Å². The number of amides is 1. The number of halogens is 3. The average molecular weight is 329 g/mol. The molecule has 2 heterocycles. The summed E-state index contributed by atoms with van der Waals surface area (Å²) >= 11 is 0.373. The van der Waals surface area contributed by atoms with Gasteiger partial charge in [0.1, 0.15) is 4.88 Å². The zero-order valence-electron chi connectivity index (χ0n) is 12.2. The number of alkyl halides is 3. The zero-order valence-corrected chi connectivity index (χ0v) is 13.0. The molecule has 0 unspecified atom stereocenters. The van der Waals surface area contributed by atoms with E-state index >= 15 is 0 Å². The van der Waals surface area contributed by atoms with Crippen LogP contribution in [0.3, 0.4) is 0 Å². The van der Waals surface area contributed by atoms with Crippen LogP contribution in [0.25, 0.3) is 0 Å². The third-order valence-electron chi connectivity index (χ3n) is 3.30. The second kappa shape index (κ2) is 6.04. The topological polar surface area (TPSA) is 46.1 Å². The molecule has 0 N–H and O–H groups in total. The van der Waals surface area contributed by atoms with Gasteiger partial charge >= 0.3 is 6.18 Å². The van der Waals surface area contributed by atoms with Gasteiger partial charge < -0.3 is 4.90 Å². The van der Waals surface area contributed by atoms with Crippen molar-refractivity contribution in [3.05, 3.63) is 45.7 Å². The lowest BCUT2D eigenvalue weighted by molar-refractivity contribution is -0.137. The highest BCUT2D eigenvalue weighted by Crippen LogP contribution is 2.35. The molecule has 0 aliphatic heterocycles. The Bertz CT molecular complexity index is 670. The Balaban J connectivity index is 2.26. The molecular formula is C14H14F3N3OS. The van der Waals surface area contributed by atoms with Gasteiger partial charge in [0.15, 0.2) is 5.01 Å². The van der Waals surface area contributed by atoms with E-state index in [4.69, 9.17) is 0 Å². The molecule has 1 amide bonds. The standard InChI is InChI=1S/C14H14F3N3OS/c1-8-11(22-13(19-8)14(15,16)17)12(21)20(3)9(2)10-5-4-6-18-7-10/h4-7,9H,1-3H3/t9-/m1/s1. The Morgan fingerprint density at radius 2 is 2.09 bits per heavy atom. The molecule has 0 fully saturated rings. The molecular weight excluding hydrogens is 315 g/mol. The second-order valence-electron chi connectivity index (χ2n) is 4.81. The smallest absolute Gasteiger partial charge is 0.334 e. The molecule has 2 aromatic rings. The van der Waals surface area contributed by atoms with Crippen LogP contribution in [0.15, 0.2) is 24.5 Å². The predicted molar refractivity (Wildman–Crippen MR) is 76.6 cm³/mol. The number of aryl methyl sites for hydroxylation is 1. The van der Waals surface area contributed by atoms with E-state index in [1.807, 2.05) is 6.07 Å². The van der Waals surface area contributed by atoms with Crippen LogP contribution in [-0.2, 0) is 6.18 Å². The van der Waals surface area contributed by atoms with Crippen molar-refractivity contribution in [3.63, 3.8) is 0 Å². The van der Waals surface area contributed by atoms with Gasteiger partial charge in [-0.3, -0.25) is 9.78 Å². The van der Waals surface area contributed by atoms with Crippen LogP contribution in [0.2, 0.25) is 0 Å². The third-order valence-corrected chi connectivity index (χ3v) is 4.49. The van der Waals surface area contributed by atoms with E-state index in [1.54, 1.807) is 32.4 Å². The van der Waals surface area contributed by atoms with Crippen LogP contribution in [0, 0.1) is 6.92 Å². The summed E-state index contributed by atoms with van der Waals surface area (Å²) in [7, 11) is 1.55. The van der Waals surface area contributed by atoms with E-state index in [1.165, 1.54) is 11.8 Å². The lowest BCUT2D eigenvalue weighted by Gasteiger charge is -2.24. The second-order valence-corrected chi connectivity index (χ2v) is 5.81. The van der Waals surface area contributed by atoms with E-state index < -0.39 is 17.1 Å². The highest BCUT2D eigenvalue weighted by molar-refractivity contribution is 7.13. The number of rotatable bonds is 3. The molecule has 0 aliphatic rings. The van der Waals surface area contributed by atoms with Crippen LogP contribution in [0.4, 0.5) is 13.2 Å². The van der Waals surface area contributed by atoms with Crippen molar-refractivity contribution < 1.29 is 18.0 Å². The summed E-state index contributed by atoms with van der Waals surface area (Å²) < 4.78 is 38.1. The fourth-order valence-electron chi connectivity index (χ4n) is 1.90. The molecule has 0 saturated heterocycles. The number of thiazole rings is 1. The molecule has 22 heavy (non-hydrogen) atoms. The summed E-state index contributed by atoms with van der Waals surface area (Å²) in [5.41, 5.74) is 0.893. The van der Waals surface area contributed by atoms with Crippen LogP contribution in [-0.4, -0.2) is 27.8 Å². The van der Waals surface area contributed by atoms with Crippen molar-refractivity contribution in [2.24, 2.45) is 0 Å². The number of nitrogens with zero attached hydrogens (tertiary/aromatic N) is 3. The molecule has 0 aromatic carbocycles. The first-order chi connectivity index (χ1) is 10.2. The van der Waals surface area contributed by atoms with Crippen molar-refractivity contribution in [3.8, 4) is 0 Å². The molecule has 0 spiro atoms. The molecule has 118 valence electrons. The lowest BCUT2D eigenvalue weighted by Crippen LogP contribution is -2.29. The Morgan fingerprint density at radius 1 is 1.41 bits per heavy atom. The van der Waals surface area contributed by atoms with Gasteiger partial charge in [-0.2, -0.15) is 13.2 Å². The minimum absolute atomic E-state index is 0.00515. The fourth-order valence-corrected chi connectivity index (χ4v) is 2.82. The van der Waals surface area contributed by atoms with Crippen molar-refractivity contribution in [2.75, 3.05) is 7.05 Å². The summed E-state index contributed by atoms with van der Waals surface area (Å²) in [6.45, 7) is 3.19. The Labute approximate surface area is 129 Å². The molecule has 2 rings (SSSR count). The maximum Gasteiger partial charge on any atom is 0.443 e. The number of hydrogen-bond acceptors (Lipinski definition) is 4. The minimum atomic E-state index is -4.54. The van der Waals surface area contributed by atoms with Crippen molar-refractivity contribution in [1.29, 1.82) is 0 Å². The van der Waals surface area contributed by atoms with Crippen LogP contribution < -0.4 is 0 Å². The molecule has 1 atom stereocenters. The predicted octanol–water partition coefficient (Wildman–Crippen LogP) is 3.70. The summed E-state index contributed by atoms with van der Waals surface area (Å²) in [5, 5.41) is -1.00. The Hall–Kier alpha value is -1.96. The van der Waals surface area contributed by atoms with E-state index in [2.05, 4.69) is 9.97 Å². The van der Waals surface area contributed by atoms with Crippen LogP contribution >= 0.6 is 11.3 Å². The fraction of sp³-hybridized carbons (Fsp3) is 0.357. The summed E-state index contributed by atoms with van der Waals surface area (Å²) in [6.07, 6.45) is -1.31. The quantitative estimate of drug-likeness (QED) is 0.862. The summed E-state index contributed by atoms with van der Waals surface area (Å²) in [4.78, 5) is 21.2.